The third kappa shape index (κ3) is 1.20. The van der Waals surface area contributed by atoms with Crippen LogP contribution in [0, 0.1) is 10.1 Å². The summed E-state index contributed by atoms with van der Waals surface area (Å²) in [4.78, 5) is 9.99. The molecule has 0 saturated carbocycles. The molecule has 0 atom stereocenters. The average Bonchev–Trinajstić information content (AvgIpc) is 2.18. The van der Waals surface area contributed by atoms with Gasteiger partial charge in [-0.1, -0.05) is 0 Å². The Kier molecular flexibility index (Phi) is 1.88. The second-order valence-electron chi connectivity index (χ2n) is 2.78. The third-order valence-electron chi connectivity index (χ3n) is 1.92. The molecule has 1 aromatic rings. The second kappa shape index (κ2) is 3.06. The molecule has 0 aromatic heterocycles. The molecule has 1 aliphatic rings. The van der Waals surface area contributed by atoms with Crippen molar-refractivity contribution in [2.75, 3.05) is 18.9 Å². The van der Waals surface area contributed by atoms with E-state index in [4.69, 9.17) is 15.2 Å². The van der Waals surface area contributed by atoms with Crippen LogP contribution in [0.2, 0.25) is 0 Å². The van der Waals surface area contributed by atoms with E-state index in [9.17, 15) is 10.1 Å². The lowest BCUT2D eigenvalue weighted by Crippen LogP contribution is -2.16. The predicted octanol–water partition coefficient (Wildman–Crippen LogP) is 0.948. The molecule has 0 spiro atoms. The summed E-state index contributed by atoms with van der Waals surface area (Å²) in [5, 5.41) is 10.5. The summed E-state index contributed by atoms with van der Waals surface area (Å²) in [6, 6.07) is 2.80. The summed E-state index contributed by atoms with van der Waals surface area (Å²) in [5.41, 5.74) is 5.42. The van der Waals surface area contributed by atoms with Crippen molar-refractivity contribution in [3.8, 4) is 11.5 Å². The third-order valence-corrected chi connectivity index (χ3v) is 1.92. The maximum absolute atomic E-state index is 10.5. The average molecular weight is 196 g/mol. The molecule has 1 heterocycles. The lowest BCUT2D eigenvalue weighted by Gasteiger charge is -2.19. The summed E-state index contributed by atoms with van der Waals surface area (Å²) in [5.74, 6) is 0.727. The number of anilines is 1. The van der Waals surface area contributed by atoms with Gasteiger partial charge < -0.3 is 15.2 Å². The first kappa shape index (κ1) is 8.61. The maximum Gasteiger partial charge on any atom is 0.296 e. The van der Waals surface area contributed by atoms with Crippen LogP contribution in [0.15, 0.2) is 12.1 Å². The van der Waals surface area contributed by atoms with Gasteiger partial charge in [-0.15, -0.1) is 0 Å². The molecule has 1 aliphatic heterocycles. The number of ether oxygens (including phenoxy) is 2. The highest BCUT2D eigenvalue weighted by molar-refractivity contribution is 5.72. The number of nitrogens with zero attached hydrogens (tertiary/aromatic N) is 1. The van der Waals surface area contributed by atoms with Crippen molar-refractivity contribution in [3.63, 3.8) is 0 Å². The van der Waals surface area contributed by atoms with Gasteiger partial charge >= 0.3 is 0 Å². The van der Waals surface area contributed by atoms with Gasteiger partial charge in [-0.3, -0.25) is 10.1 Å². The minimum Gasteiger partial charge on any atom is -0.486 e. The summed E-state index contributed by atoms with van der Waals surface area (Å²) in [6.07, 6.45) is 0. The number of hydrogen-bond donors (Lipinski definition) is 1. The van der Waals surface area contributed by atoms with Gasteiger partial charge in [0.2, 0.25) is 0 Å². The second-order valence-corrected chi connectivity index (χ2v) is 2.78. The van der Waals surface area contributed by atoms with Crippen LogP contribution in [0.25, 0.3) is 0 Å². The Bertz CT molecular complexity index is 391. The van der Waals surface area contributed by atoms with E-state index in [1.807, 2.05) is 0 Å². The van der Waals surface area contributed by atoms with Gasteiger partial charge in [-0.05, 0) is 6.07 Å². The molecule has 2 rings (SSSR count). The first-order chi connectivity index (χ1) is 6.70. The van der Waals surface area contributed by atoms with E-state index in [0.29, 0.717) is 19.0 Å². The highest BCUT2D eigenvalue weighted by atomic mass is 16.6. The van der Waals surface area contributed by atoms with Crippen LogP contribution < -0.4 is 15.2 Å². The van der Waals surface area contributed by atoms with Crippen LogP contribution in [0.3, 0.4) is 0 Å². The van der Waals surface area contributed by atoms with Crippen LogP contribution in [0.5, 0.6) is 11.5 Å². The Morgan fingerprint density at radius 2 is 2.07 bits per heavy atom. The van der Waals surface area contributed by atoms with Crippen molar-refractivity contribution in [1.82, 2.24) is 0 Å². The maximum atomic E-state index is 10.5. The zero-order valence-electron chi connectivity index (χ0n) is 7.23. The fraction of sp³-hybridized carbons (Fsp3) is 0.250. The van der Waals surface area contributed by atoms with Crippen molar-refractivity contribution in [3.05, 3.63) is 22.2 Å². The molecule has 0 radical (unpaired) electrons. The van der Waals surface area contributed by atoms with Gasteiger partial charge in [0.25, 0.3) is 5.69 Å². The van der Waals surface area contributed by atoms with Crippen molar-refractivity contribution < 1.29 is 14.4 Å². The fourth-order valence-corrected chi connectivity index (χ4v) is 1.29. The van der Waals surface area contributed by atoms with Crippen molar-refractivity contribution in [1.29, 1.82) is 0 Å². The number of rotatable bonds is 1. The molecule has 0 amide bonds. The number of hydrogen-bond acceptors (Lipinski definition) is 5. The molecular weight excluding hydrogens is 188 g/mol. The van der Waals surface area contributed by atoms with E-state index >= 15 is 0 Å². The molecule has 0 fully saturated rings. The quantitative estimate of drug-likeness (QED) is 0.410. The molecule has 0 aliphatic carbocycles. The van der Waals surface area contributed by atoms with Gasteiger partial charge in [0.05, 0.1) is 4.92 Å². The van der Waals surface area contributed by atoms with Crippen molar-refractivity contribution in [2.45, 2.75) is 0 Å². The van der Waals surface area contributed by atoms with Gasteiger partial charge in [0.15, 0.2) is 17.2 Å². The number of nitro benzene ring substituents is 1. The van der Waals surface area contributed by atoms with E-state index < -0.39 is 4.92 Å². The molecular formula is C8H8N2O4. The molecule has 6 nitrogen and oxygen atoms in total. The van der Waals surface area contributed by atoms with Gasteiger partial charge in [-0.25, -0.2) is 0 Å². The lowest BCUT2D eigenvalue weighted by atomic mass is 10.2. The molecule has 0 unspecified atom stereocenters. The molecule has 0 bridgehead atoms. The Labute approximate surface area is 79.4 Å². The largest absolute Gasteiger partial charge is 0.486 e. The Morgan fingerprint density at radius 3 is 2.79 bits per heavy atom. The fourth-order valence-electron chi connectivity index (χ4n) is 1.29. The molecule has 0 saturated heterocycles. The van der Waals surface area contributed by atoms with Crippen LogP contribution in [0.4, 0.5) is 11.4 Å². The monoisotopic (exact) mass is 196 g/mol. The van der Waals surface area contributed by atoms with E-state index in [0.717, 1.165) is 0 Å². The van der Waals surface area contributed by atoms with E-state index in [1.54, 1.807) is 0 Å². The number of nitro groups is 1. The smallest absolute Gasteiger partial charge is 0.296 e. The van der Waals surface area contributed by atoms with Gasteiger partial charge in [0, 0.05) is 6.07 Å². The number of benzene rings is 1. The Hall–Kier alpha value is -1.98. The molecule has 14 heavy (non-hydrogen) atoms. The summed E-state index contributed by atoms with van der Waals surface area (Å²) in [7, 11) is 0. The van der Waals surface area contributed by atoms with E-state index in [1.165, 1.54) is 12.1 Å². The standard InChI is InChI=1S/C8H8N2O4/c9-7-5(10(11)12)1-2-6-8(7)14-4-3-13-6/h1-2H,3-4,9H2. The SMILES string of the molecule is Nc1c([N+](=O)[O-])ccc2c1OCCO2. The first-order valence-corrected chi connectivity index (χ1v) is 4.02. The van der Waals surface area contributed by atoms with Crippen LogP contribution >= 0.6 is 0 Å². The zero-order chi connectivity index (χ0) is 10.1. The molecule has 2 N–H and O–H groups in total. The van der Waals surface area contributed by atoms with Gasteiger partial charge in [0.1, 0.15) is 13.2 Å². The van der Waals surface area contributed by atoms with Gasteiger partial charge in [-0.2, -0.15) is 0 Å². The molecule has 6 heteroatoms. The number of nitrogen functional groups attached to an aromatic ring is 1. The van der Waals surface area contributed by atoms with Crippen LogP contribution in [-0.4, -0.2) is 18.1 Å². The summed E-state index contributed by atoms with van der Waals surface area (Å²) in [6.45, 7) is 0.794. The van der Waals surface area contributed by atoms with Crippen LogP contribution in [0.1, 0.15) is 0 Å². The first-order valence-electron chi connectivity index (χ1n) is 4.02. The van der Waals surface area contributed by atoms with E-state index in [2.05, 4.69) is 0 Å². The summed E-state index contributed by atoms with van der Waals surface area (Å²) >= 11 is 0. The highest BCUT2D eigenvalue weighted by Crippen LogP contribution is 2.41. The Morgan fingerprint density at radius 1 is 1.36 bits per heavy atom. The Balaban J connectivity index is 2.54. The number of nitrogens with two attached hydrogens (primary N) is 1. The topological polar surface area (TPSA) is 87.6 Å². The normalized spacial score (nSPS) is 13.7. The minimum atomic E-state index is -0.548. The van der Waals surface area contributed by atoms with Crippen molar-refractivity contribution in [2.24, 2.45) is 0 Å². The van der Waals surface area contributed by atoms with Crippen LogP contribution in [-0.2, 0) is 0 Å². The lowest BCUT2D eigenvalue weighted by molar-refractivity contribution is -0.384. The predicted molar refractivity (Wildman–Crippen MR) is 48.5 cm³/mol. The van der Waals surface area contributed by atoms with E-state index in [-0.39, 0.29) is 17.1 Å². The van der Waals surface area contributed by atoms with Crippen molar-refractivity contribution >= 4 is 11.4 Å². The highest BCUT2D eigenvalue weighted by Gasteiger charge is 2.22. The minimum absolute atomic E-state index is 0.0206. The molecule has 1 aromatic carbocycles. The summed E-state index contributed by atoms with van der Waals surface area (Å²) < 4.78 is 10.4. The molecule has 74 valence electrons. The zero-order valence-corrected chi connectivity index (χ0v) is 7.23. The number of fused-ring (bicyclic) bond motifs is 1.